The second-order valence-corrected chi connectivity index (χ2v) is 3.96. The van der Waals surface area contributed by atoms with Crippen LogP contribution in [0.1, 0.15) is 0 Å². The summed E-state index contributed by atoms with van der Waals surface area (Å²) in [6.07, 6.45) is 2.99. The smallest absolute Gasteiger partial charge is 0.175 e. The second kappa shape index (κ2) is 2.56. The predicted octanol–water partition coefficient (Wildman–Crippen LogP) is -0.153. The van der Waals surface area contributed by atoms with Gasteiger partial charge in [0.05, 0.1) is 12.4 Å². The van der Waals surface area contributed by atoms with Crippen molar-refractivity contribution in [2.75, 3.05) is 12.4 Å². The van der Waals surface area contributed by atoms with Gasteiger partial charge >= 0.3 is 0 Å². The van der Waals surface area contributed by atoms with Crippen molar-refractivity contribution >= 4 is 9.84 Å². The van der Waals surface area contributed by atoms with Gasteiger partial charge in [0.25, 0.3) is 0 Å². The van der Waals surface area contributed by atoms with E-state index in [0.717, 1.165) is 5.41 Å². The maximum atomic E-state index is 10.7. The van der Waals surface area contributed by atoms with Crippen LogP contribution in [-0.4, -0.2) is 25.9 Å². The molecular formula is C6H8O3S. The predicted molar refractivity (Wildman–Crippen MR) is 38.1 cm³/mol. The molecule has 0 aromatic carbocycles. The van der Waals surface area contributed by atoms with Crippen LogP contribution in [0.2, 0.25) is 0 Å². The van der Waals surface area contributed by atoms with E-state index in [1.54, 1.807) is 0 Å². The molecule has 0 atom stereocenters. The van der Waals surface area contributed by atoms with Crippen molar-refractivity contribution in [2.24, 2.45) is 0 Å². The average Bonchev–Trinajstić information content (AvgIpc) is 2.12. The van der Waals surface area contributed by atoms with E-state index in [-0.39, 0.29) is 12.4 Å². The summed E-state index contributed by atoms with van der Waals surface area (Å²) >= 11 is 0. The molecule has 0 saturated carbocycles. The molecule has 3 nitrogen and oxygen atoms in total. The van der Waals surface area contributed by atoms with E-state index < -0.39 is 9.84 Å². The summed E-state index contributed by atoms with van der Waals surface area (Å²) in [5, 5.41) is 9.55. The molecule has 0 spiro atoms. The van der Waals surface area contributed by atoms with Crippen molar-refractivity contribution in [1.29, 1.82) is 0 Å². The molecule has 0 fully saturated rings. The van der Waals surface area contributed by atoms with Gasteiger partial charge in [-0.2, -0.15) is 0 Å². The van der Waals surface area contributed by atoms with Crippen molar-refractivity contribution in [2.45, 2.75) is 0 Å². The number of hydrogen-bond donors (Lipinski definition) is 1. The van der Waals surface area contributed by atoms with Crippen LogP contribution in [0.4, 0.5) is 0 Å². The molecule has 1 N–H and O–H groups in total. The van der Waals surface area contributed by atoms with E-state index in [4.69, 9.17) is 5.11 Å². The van der Waals surface area contributed by atoms with Gasteiger partial charge in [-0.05, 0) is 11.6 Å². The second-order valence-electron chi connectivity index (χ2n) is 2.07. The number of allylic oxidation sites excluding steroid dienone is 1. The van der Waals surface area contributed by atoms with Crippen molar-refractivity contribution in [3.8, 4) is 0 Å². The zero-order valence-electron chi connectivity index (χ0n) is 5.32. The third-order valence-electron chi connectivity index (χ3n) is 1.21. The third-order valence-corrected chi connectivity index (χ3v) is 2.50. The summed E-state index contributed by atoms with van der Waals surface area (Å²) in [5.74, 6) is 0.0353. The SMILES string of the molecule is O=S1(=O)C=C/C(=C\CO)C1. The summed E-state index contributed by atoms with van der Waals surface area (Å²) in [6.45, 7) is -0.102. The Balaban J connectivity index is 2.81. The minimum atomic E-state index is -2.98. The van der Waals surface area contributed by atoms with Gasteiger partial charge in [0, 0.05) is 5.41 Å². The fourth-order valence-electron chi connectivity index (χ4n) is 0.764. The normalized spacial score (nSPS) is 25.9. The first-order valence-corrected chi connectivity index (χ1v) is 4.56. The lowest BCUT2D eigenvalue weighted by Crippen LogP contribution is -1.96. The Hall–Kier alpha value is -0.610. The van der Waals surface area contributed by atoms with Gasteiger partial charge in [-0.15, -0.1) is 0 Å². The van der Waals surface area contributed by atoms with E-state index in [9.17, 15) is 8.42 Å². The molecule has 0 aromatic heterocycles. The standard InChI is InChI=1S/C6H8O3S/c7-3-1-6-2-4-10(8,9)5-6/h1-2,4,7H,3,5H2/b6-1+. The molecule has 1 heterocycles. The maximum absolute atomic E-state index is 10.7. The summed E-state index contributed by atoms with van der Waals surface area (Å²) in [7, 11) is -2.98. The molecule has 0 aliphatic carbocycles. The minimum Gasteiger partial charge on any atom is -0.392 e. The van der Waals surface area contributed by atoms with Crippen molar-refractivity contribution in [1.82, 2.24) is 0 Å². The molecule has 0 amide bonds. The van der Waals surface area contributed by atoms with E-state index in [2.05, 4.69) is 0 Å². The Bertz CT molecular complexity index is 271. The lowest BCUT2D eigenvalue weighted by Gasteiger charge is -1.88. The minimum absolute atomic E-state index is 0.0353. The molecule has 1 rings (SSSR count). The summed E-state index contributed by atoms with van der Waals surface area (Å²) in [4.78, 5) is 0. The zero-order chi connectivity index (χ0) is 7.61. The molecular weight excluding hydrogens is 152 g/mol. The van der Waals surface area contributed by atoms with E-state index in [1.165, 1.54) is 12.2 Å². The topological polar surface area (TPSA) is 54.4 Å². The largest absolute Gasteiger partial charge is 0.392 e. The van der Waals surface area contributed by atoms with Gasteiger partial charge in [-0.1, -0.05) is 6.08 Å². The molecule has 0 aromatic rings. The fourth-order valence-corrected chi connectivity index (χ4v) is 1.92. The summed E-state index contributed by atoms with van der Waals surface area (Å²) in [6, 6.07) is 0. The maximum Gasteiger partial charge on any atom is 0.175 e. The van der Waals surface area contributed by atoms with E-state index >= 15 is 0 Å². The Morgan fingerprint density at radius 2 is 2.40 bits per heavy atom. The van der Waals surface area contributed by atoms with Crippen LogP contribution in [0.3, 0.4) is 0 Å². The van der Waals surface area contributed by atoms with Crippen molar-refractivity contribution < 1.29 is 13.5 Å². The highest BCUT2D eigenvalue weighted by Gasteiger charge is 2.14. The lowest BCUT2D eigenvalue weighted by atomic mass is 10.3. The first-order valence-electron chi connectivity index (χ1n) is 2.85. The third kappa shape index (κ3) is 1.68. The lowest BCUT2D eigenvalue weighted by molar-refractivity contribution is 0.342. The van der Waals surface area contributed by atoms with Crippen LogP contribution in [-0.2, 0) is 9.84 Å². The van der Waals surface area contributed by atoms with Crippen LogP contribution >= 0.6 is 0 Å². The highest BCUT2D eigenvalue weighted by molar-refractivity contribution is 7.94. The Morgan fingerprint density at radius 1 is 1.70 bits per heavy atom. The quantitative estimate of drug-likeness (QED) is 0.580. The van der Waals surface area contributed by atoms with Crippen LogP contribution in [0.5, 0.6) is 0 Å². The van der Waals surface area contributed by atoms with Gasteiger partial charge in [-0.3, -0.25) is 0 Å². The first-order chi connectivity index (χ1) is 4.64. The molecule has 10 heavy (non-hydrogen) atoms. The highest BCUT2D eigenvalue weighted by atomic mass is 32.2. The number of hydrogen-bond acceptors (Lipinski definition) is 3. The van der Waals surface area contributed by atoms with Crippen LogP contribution in [0, 0.1) is 0 Å². The molecule has 0 radical (unpaired) electrons. The molecule has 1 aliphatic rings. The van der Waals surface area contributed by atoms with Gasteiger partial charge in [0.1, 0.15) is 0 Å². The molecule has 0 bridgehead atoms. The first kappa shape index (κ1) is 7.50. The molecule has 0 saturated heterocycles. The molecule has 0 unspecified atom stereocenters. The monoisotopic (exact) mass is 160 g/mol. The molecule has 56 valence electrons. The Morgan fingerprint density at radius 3 is 2.80 bits per heavy atom. The van der Waals surface area contributed by atoms with Gasteiger partial charge in [-0.25, -0.2) is 8.42 Å². The van der Waals surface area contributed by atoms with E-state index in [0.29, 0.717) is 5.57 Å². The van der Waals surface area contributed by atoms with Crippen molar-refractivity contribution in [3.05, 3.63) is 23.1 Å². The van der Waals surface area contributed by atoms with E-state index in [1.807, 2.05) is 0 Å². The number of aliphatic hydroxyl groups excluding tert-OH is 1. The zero-order valence-corrected chi connectivity index (χ0v) is 6.13. The van der Waals surface area contributed by atoms with Crippen LogP contribution in [0.15, 0.2) is 23.1 Å². The average molecular weight is 160 g/mol. The summed E-state index contributed by atoms with van der Waals surface area (Å²) in [5.41, 5.74) is 0.669. The number of aliphatic hydroxyl groups is 1. The van der Waals surface area contributed by atoms with Gasteiger partial charge in [0.15, 0.2) is 9.84 Å². The fraction of sp³-hybridized carbons (Fsp3) is 0.333. The number of sulfone groups is 1. The van der Waals surface area contributed by atoms with Gasteiger partial charge in [0.2, 0.25) is 0 Å². The van der Waals surface area contributed by atoms with Crippen molar-refractivity contribution in [3.63, 3.8) is 0 Å². The number of rotatable bonds is 1. The summed E-state index contributed by atoms with van der Waals surface area (Å²) < 4.78 is 21.4. The van der Waals surface area contributed by atoms with Crippen LogP contribution < -0.4 is 0 Å². The highest BCUT2D eigenvalue weighted by Crippen LogP contribution is 2.12. The Kier molecular flexibility index (Phi) is 1.92. The molecule has 4 heteroatoms. The Labute approximate surface area is 59.6 Å². The van der Waals surface area contributed by atoms with Crippen LogP contribution in [0.25, 0.3) is 0 Å². The molecule has 1 aliphatic heterocycles. The van der Waals surface area contributed by atoms with Gasteiger partial charge < -0.3 is 5.11 Å².